The Morgan fingerprint density at radius 3 is 2.33 bits per heavy atom. The van der Waals surface area contributed by atoms with Crippen molar-refractivity contribution < 1.29 is 4.79 Å². The topological polar surface area (TPSA) is 46.3 Å². The smallest absolute Gasteiger partial charge is 0.222 e. The number of carbonyl (C=O) groups is 1. The van der Waals surface area contributed by atoms with E-state index in [1.165, 1.54) is 0 Å². The lowest BCUT2D eigenvalue weighted by Crippen LogP contribution is -2.41. The van der Waals surface area contributed by atoms with Crippen molar-refractivity contribution in [3.05, 3.63) is 0 Å². The normalized spacial score (nSPS) is 11.5. The molecule has 0 rings (SSSR count). The number of nitrogens with two attached hydrogens (primary N) is 1. The molecule has 0 heterocycles. The average molecular weight is 214 g/mol. The van der Waals surface area contributed by atoms with Gasteiger partial charge >= 0.3 is 0 Å². The zero-order chi connectivity index (χ0) is 11.9. The van der Waals surface area contributed by atoms with Gasteiger partial charge in [0.25, 0.3) is 0 Å². The molecule has 0 radical (unpaired) electrons. The molecule has 90 valence electrons. The summed E-state index contributed by atoms with van der Waals surface area (Å²) in [5, 5.41) is 0. The van der Waals surface area contributed by atoms with Crippen molar-refractivity contribution in [1.29, 1.82) is 0 Å². The third kappa shape index (κ3) is 5.78. The molecule has 0 aliphatic rings. The fraction of sp³-hybridized carbons (Fsp3) is 0.917. The molecule has 0 aromatic carbocycles. The Morgan fingerprint density at radius 2 is 1.93 bits per heavy atom. The van der Waals surface area contributed by atoms with Crippen LogP contribution in [0, 0.1) is 5.41 Å². The van der Waals surface area contributed by atoms with Crippen LogP contribution in [0.1, 0.15) is 47.0 Å². The standard InChI is InChI=1S/C12H26N2O/c1-5-7-8-11(15)14(6-2)10-12(3,4)9-13/h5-10,13H2,1-4H3. The second kappa shape index (κ2) is 6.83. The number of amides is 1. The molecule has 0 aromatic rings. The molecule has 0 saturated heterocycles. The number of rotatable bonds is 7. The van der Waals surface area contributed by atoms with E-state index in [0.29, 0.717) is 13.0 Å². The highest BCUT2D eigenvalue weighted by Crippen LogP contribution is 2.15. The highest BCUT2D eigenvalue weighted by Gasteiger charge is 2.22. The summed E-state index contributed by atoms with van der Waals surface area (Å²) in [4.78, 5) is 13.7. The Kier molecular flexibility index (Phi) is 6.57. The minimum Gasteiger partial charge on any atom is -0.342 e. The SMILES string of the molecule is CCCCC(=O)N(CC)CC(C)(C)CN. The zero-order valence-corrected chi connectivity index (χ0v) is 10.7. The molecule has 0 saturated carbocycles. The molecule has 0 aliphatic heterocycles. The second-order valence-corrected chi connectivity index (χ2v) is 4.88. The predicted octanol–water partition coefficient (Wildman–Crippen LogP) is 2.01. The summed E-state index contributed by atoms with van der Waals surface area (Å²) in [5.74, 6) is 0.265. The van der Waals surface area contributed by atoms with Gasteiger partial charge in [-0.3, -0.25) is 4.79 Å². The van der Waals surface area contributed by atoms with Crippen LogP contribution in [0.5, 0.6) is 0 Å². The lowest BCUT2D eigenvalue weighted by atomic mass is 9.93. The van der Waals surface area contributed by atoms with E-state index in [2.05, 4.69) is 20.8 Å². The van der Waals surface area contributed by atoms with Crippen molar-refractivity contribution >= 4 is 5.91 Å². The summed E-state index contributed by atoms with van der Waals surface area (Å²) in [6.07, 6.45) is 2.73. The van der Waals surface area contributed by atoms with Gasteiger partial charge in [0.2, 0.25) is 5.91 Å². The summed E-state index contributed by atoms with van der Waals surface area (Å²) < 4.78 is 0. The Bertz CT molecular complexity index is 190. The maximum Gasteiger partial charge on any atom is 0.222 e. The van der Waals surface area contributed by atoms with Crippen LogP contribution in [0.3, 0.4) is 0 Å². The highest BCUT2D eigenvalue weighted by molar-refractivity contribution is 5.76. The van der Waals surface area contributed by atoms with Gasteiger partial charge in [-0.2, -0.15) is 0 Å². The zero-order valence-electron chi connectivity index (χ0n) is 10.7. The summed E-state index contributed by atoms with van der Waals surface area (Å²) in [6, 6.07) is 0. The van der Waals surface area contributed by atoms with Crippen molar-refractivity contribution in [2.75, 3.05) is 19.6 Å². The molecule has 3 heteroatoms. The van der Waals surface area contributed by atoms with Crippen molar-refractivity contribution in [2.45, 2.75) is 47.0 Å². The Labute approximate surface area is 94.0 Å². The fourth-order valence-electron chi connectivity index (χ4n) is 1.44. The van der Waals surface area contributed by atoms with Gasteiger partial charge < -0.3 is 10.6 Å². The summed E-state index contributed by atoms with van der Waals surface area (Å²) >= 11 is 0. The molecule has 0 bridgehead atoms. The van der Waals surface area contributed by atoms with E-state index >= 15 is 0 Å². The van der Waals surface area contributed by atoms with Crippen LogP contribution >= 0.6 is 0 Å². The predicted molar refractivity (Wildman–Crippen MR) is 64.6 cm³/mol. The molecular formula is C12H26N2O. The van der Waals surface area contributed by atoms with Gasteiger partial charge in [0, 0.05) is 19.5 Å². The van der Waals surface area contributed by atoms with Crippen LogP contribution in [-0.4, -0.2) is 30.4 Å². The second-order valence-electron chi connectivity index (χ2n) is 4.88. The van der Waals surface area contributed by atoms with Crippen LogP contribution in [-0.2, 0) is 4.79 Å². The number of nitrogens with zero attached hydrogens (tertiary/aromatic N) is 1. The van der Waals surface area contributed by atoms with Crippen LogP contribution in [0.2, 0.25) is 0 Å². The first kappa shape index (κ1) is 14.4. The van der Waals surface area contributed by atoms with E-state index in [0.717, 1.165) is 25.9 Å². The number of unbranched alkanes of at least 4 members (excludes halogenated alkanes) is 1. The molecule has 1 amide bonds. The molecule has 0 aliphatic carbocycles. The number of carbonyl (C=O) groups excluding carboxylic acids is 1. The summed E-state index contributed by atoms with van der Waals surface area (Å²) in [5.41, 5.74) is 5.70. The van der Waals surface area contributed by atoms with Gasteiger partial charge in [-0.1, -0.05) is 27.2 Å². The summed E-state index contributed by atoms with van der Waals surface area (Å²) in [7, 11) is 0. The van der Waals surface area contributed by atoms with Gasteiger partial charge in [-0.15, -0.1) is 0 Å². The first-order valence-corrected chi connectivity index (χ1v) is 5.94. The molecule has 0 atom stereocenters. The number of hydrogen-bond donors (Lipinski definition) is 1. The molecule has 0 unspecified atom stereocenters. The molecule has 0 spiro atoms. The van der Waals surface area contributed by atoms with E-state index in [9.17, 15) is 4.79 Å². The maximum atomic E-state index is 11.8. The van der Waals surface area contributed by atoms with E-state index in [4.69, 9.17) is 5.73 Å². The third-order valence-corrected chi connectivity index (χ3v) is 2.65. The molecule has 0 fully saturated rings. The first-order valence-electron chi connectivity index (χ1n) is 5.94. The lowest BCUT2D eigenvalue weighted by Gasteiger charge is -2.31. The first-order chi connectivity index (χ1) is 6.96. The largest absolute Gasteiger partial charge is 0.342 e. The molecule has 2 N–H and O–H groups in total. The molecule has 0 aromatic heterocycles. The van der Waals surface area contributed by atoms with E-state index in [1.54, 1.807) is 0 Å². The molecule has 3 nitrogen and oxygen atoms in total. The minimum atomic E-state index is 0.0257. The molecular weight excluding hydrogens is 188 g/mol. The lowest BCUT2D eigenvalue weighted by molar-refractivity contribution is -0.132. The maximum absolute atomic E-state index is 11.8. The molecule has 15 heavy (non-hydrogen) atoms. The van der Waals surface area contributed by atoms with E-state index in [1.807, 2.05) is 11.8 Å². The Morgan fingerprint density at radius 1 is 1.33 bits per heavy atom. The third-order valence-electron chi connectivity index (χ3n) is 2.65. The van der Waals surface area contributed by atoms with Gasteiger partial charge in [-0.25, -0.2) is 0 Å². The van der Waals surface area contributed by atoms with E-state index < -0.39 is 0 Å². The quantitative estimate of drug-likeness (QED) is 0.704. The van der Waals surface area contributed by atoms with Gasteiger partial charge in [0.05, 0.1) is 0 Å². The average Bonchev–Trinajstić information content (AvgIpc) is 2.22. The van der Waals surface area contributed by atoms with Crippen molar-refractivity contribution in [3.8, 4) is 0 Å². The van der Waals surface area contributed by atoms with Crippen molar-refractivity contribution in [2.24, 2.45) is 11.1 Å². The summed E-state index contributed by atoms with van der Waals surface area (Å²) in [6.45, 7) is 10.5. The van der Waals surface area contributed by atoms with Crippen LogP contribution in [0.15, 0.2) is 0 Å². The Balaban J connectivity index is 4.17. The van der Waals surface area contributed by atoms with Gasteiger partial charge in [0.15, 0.2) is 0 Å². The van der Waals surface area contributed by atoms with E-state index in [-0.39, 0.29) is 11.3 Å². The van der Waals surface area contributed by atoms with Gasteiger partial charge in [-0.05, 0) is 25.3 Å². The minimum absolute atomic E-state index is 0.0257. The highest BCUT2D eigenvalue weighted by atomic mass is 16.2. The van der Waals surface area contributed by atoms with Crippen molar-refractivity contribution in [3.63, 3.8) is 0 Å². The Hall–Kier alpha value is -0.570. The van der Waals surface area contributed by atoms with Gasteiger partial charge in [0.1, 0.15) is 0 Å². The monoisotopic (exact) mass is 214 g/mol. The van der Waals surface area contributed by atoms with Crippen LogP contribution in [0.4, 0.5) is 0 Å². The fourth-order valence-corrected chi connectivity index (χ4v) is 1.44. The van der Waals surface area contributed by atoms with Crippen LogP contribution < -0.4 is 5.73 Å². The van der Waals surface area contributed by atoms with Crippen molar-refractivity contribution in [1.82, 2.24) is 4.90 Å². The van der Waals surface area contributed by atoms with Crippen LogP contribution in [0.25, 0.3) is 0 Å². The number of hydrogen-bond acceptors (Lipinski definition) is 2.